The first-order valence-corrected chi connectivity index (χ1v) is 23.0. The Kier molecular flexibility index (Phi) is 17.1. The average Bonchev–Trinajstić information content (AvgIpc) is 3.65. The zero-order valence-electron chi connectivity index (χ0n) is 21.9. The molecule has 0 unspecified atom stereocenters. The second-order valence-electron chi connectivity index (χ2n) is 8.49. The molecule has 0 heterocycles. The number of allylic oxidation sites excluding steroid dienone is 8. The first-order valence-electron chi connectivity index (χ1n) is 12.4. The Bertz CT molecular complexity index is 1170. The number of rotatable bonds is 5. The number of benzene rings is 3. The predicted octanol–water partition coefficient (Wildman–Crippen LogP) is 1.86. The van der Waals surface area contributed by atoms with Gasteiger partial charge in [0.05, 0.1) is 0 Å². The molecule has 2 aliphatic carbocycles. The van der Waals surface area contributed by atoms with E-state index < -0.39 is 9.98 Å². The third kappa shape index (κ3) is 11.5. The van der Waals surface area contributed by atoms with Gasteiger partial charge in [-0.2, -0.15) is 35.5 Å². The van der Waals surface area contributed by atoms with Gasteiger partial charge in [-0.05, 0) is 12.8 Å². The third-order valence-corrected chi connectivity index (χ3v) is 12.1. The molecule has 0 atom stereocenters. The number of hydrogen-bond acceptors (Lipinski definition) is 0. The maximum atomic E-state index is 3.33. The van der Waals surface area contributed by atoms with Crippen LogP contribution in [0, 0.1) is 12.2 Å². The van der Waals surface area contributed by atoms with E-state index in [4.69, 9.17) is 0 Å². The maximum absolute atomic E-state index is 3.33. The molecular formula is C33H34Cl2GeZr-2. The summed E-state index contributed by atoms with van der Waals surface area (Å²) >= 11 is 1.76. The summed E-state index contributed by atoms with van der Waals surface area (Å²) in [5.74, 6) is 2.41. The normalized spacial score (nSPS) is 12.6. The van der Waals surface area contributed by atoms with Crippen LogP contribution in [0.2, 0.25) is 5.76 Å². The van der Waals surface area contributed by atoms with E-state index >= 15 is 0 Å². The zero-order valence-corrected chi connectivity index (χ0v) is 28.0. The van der Waals surface area contributed by atoms with E-state index in [-0.39, 0.29) is 24.8 Å². The van der Waals surface area contributed by atoms with Gasteiger partial charge in [-0.15, -0.1) is 47.5 Å². The molecule has 0 spiro atoms. The van der Waals surface area contributed by atoms with Crippen molar-refractivity contribution in [2.24, 2.45) is 0 Å². The third-order valence-electron chi connectivity index (χ3n) is 5.89. The van der Waals surface area contributed by atoms with Gasteiger partial charge in [0.15, 0.2) is 0 Å². The van der Waals surface area contributed by atoms with Crippen LogP contribution in [0.1, 0.15) is 48.9 Å². The molecule has 0 fully saturated rings. The Balaban J connectivity index is 0.000000275. The van der Waals surface area contributed by atoms with Crippen LogP contribution in [0.25, 0.3) is 11.1 Å². The molecule has 3 aromatic rings. The first kappa shape index (κ1) is 33.7. The summed E-state index contributed by atoms with van der Waals surface area (Å²) < 4.78 is 1.62. The minimum atomic E-state index is -0.676. The molecule has 3 aromatic carbocycles. The van der Waals surface area contributed by atoms with Gasteiger partial charge < -0.3 is 24.8 Å². The molecular weight excluding hydrogens is 631 g/mol. The number of hydrogen-bond donors (Lipinski definition) is 0. The topological polar surface area (TPSA) is 0 Å². The Morgan fingerprint density at radius 1 is 0.676 bits per heavy atom. The molecule has 2 aliphatic rings. The molecule has 0 amide bonds. The zero-order chi connectivity index (χ0) is 24.9. The van der Waals surface area contributed by atoms with Crippen LogP contribution in [0.15, 0.2) is 103 Å². The van der Waals surface area contributed by atoms with Crippen molar-refractivity contribution in [1.29, 1.82) is 0 Å². The Hall–Kier alpha value is -1.37. The Morgan fingerprint density at radius 2 is 1.14 bits per heavy atom. The molecule has 5 rings (SSSR count). The van der Waals surface area contributed by atoms with E-state index in [1.807, 2.05) is 0 Å². The van der Waals surface area contributed by atoms with Crippen LogP contribution in [0.5, 0.6) is 0 Å². The molecule has 0 saturated heterocycles. The fraction of sp³-hybridized carbons (Fsp3) is 0.212. The van der Waals surface area contributed by atoms with Crippen molar-refractivity contribution < 1.29 is 46.4 Å². The molecule has 4 heteroatoms. The van der Waals surface area contributed by atoms with E-state index in [2.05, 4.69) is 135 Å². The quantitative estimate of drug-likeness (QED) is 0.289. The molecule has 0 N–H and O–H groups in total. The SMILES string of the molecule is CCc1cccc(C2=[C-]CC=C2)c1.CCc1cccc(C2=[C-]CC=C2)c1.[CH3][Ge](=[Zr+2])[c]1ccccc1.[Cl-].[Cl-]. The van der Waals surface area contributed by atoms with Gasteiger partial charge >= 0.3 is 72.1 Å². The van der Waals surface area contributed by atoms with Crippen LogP contribution in [0.3, 0.4) is 0 Å². The summed E-state index contributed by atoms with van der Waals surface area (Å²) in [6, 6.07) is 28.2. The van der Waals surface area contributed by atoms with Crippen molar-refractivity contribution >= 4 is 25.5 Å². The smallest absolute Gasteiger partial charge is 1.00 e. The summed E-state index contributed by atoms with van der Waals surface area (Å²) in [6.45, 7) is 4.36. The Morgan fingerprint density at radius 3 is 1.46 bits per heavy atom. The van der Waals surface area contributed by atoms with Crippen LogP contribution in [-0.4, -0.2) is 9.98 Å². The summed E-state index contributed by atoms with van der Waals surface area (Å²) in [6.07, 6.45) is 19.4. The summed E-state index contributed by atoms with van der Waals surface area (Å²) in [4.78, 5) is 0. The molecule has 0 nitrogen and oxygen atoms in total. The summed E-state index contributed by atoms with van der Waals surface area (Å²) in [5, 5.41) is 0. The largest absolute Gasteiger partial charge is 1.00 e. The fourth-order valence-electron chi connectivity index (χ4n) is 3.81. The molecule has 0 bridgehead atoms. The van der Waals surface area contributed by atoms with Crippen molar-refractivity contribution in [2.75, 3.05) is 0 Å². The van der Waals surface area contributed by atoms with Gasteiger partial charge in [0.2, 0.25) is 0 Å². The van der Waals surface area contributed by atoms with Gasteiger partial charge in [-0.25, -0.2) is 0 Å². The van der Waals surface area contributed by atoms with Crippen molar-refractivity contribution in [3.63, 3.8) is 0 Å². The summed E-state index contributed by atoms with van der Waals surface area (Å²) in [5.41, 5.74) is 7.88. The van der Waals surface area contributed by atoms with Crippen LogP contribution >= 0.6 is 0 Å². The standard InChI is InChI=1S/2C13H13.C7H8Ge.2ClH.Zr/c2*1-2-11-6-5-9-13(10-11)12-7-3-4-8-12;1-8-7-5-3-2-4-6-7;;;/h2*3,5-7,9-10H,2,4H2,1H3;2-6H,1H3;2*1H;/q2*-1;;;;+2/p-2. The van der Waals surface area contributed by atoms with Crippen molar-refractivity contribution in [1.82, 2.24) is 0 Å². The van der Waals surface area contributed by atoms with Gasteiger partial charge in [0.25, 0.3) is 0 Å². The second kappa shape index (κ2) is 18.8. The van der Waals surface area contributed by atoms with E-state index in [0.29, 0.717) is 0 Å². The molecule has 190 valence electrons. The van der Waals surface area contributed by atoms with Crippen molar-refractivity contribution in [3.8, 4) is 0 Å². The minimum absolute atomic E-state index is 0. The van der Waals surface area contributed by atoms with Gasteiger partial charge in [-0.1, -0.05) is 62.1 Å². The van der Waals surface area contributed by atoms with Crippen LogP contribution in [-0.2, 0) is 34.4 Å². The molecule has 0 aliphatic heterocycles. The molecule has 37 heavy (non-hydrogen) atoms. The van der Waals surface area contributed by atoms with Crippen LogP contribution in [0.4, 0.5) is 0 Å². The van der Waals surface area contributed by atoms with Gasteiger partial charge in [0.1, 0.15) is 0 Å². The van der Waals surface area contributed by atoms with Gasteiger partial charge in [-0.3, -0.25) is 0 Å². The second-order valence-corrected chi connectivity index (χ2v) is 21.9. The maximum Gasteiger partial charge on any atom is -1.00 e. The summed E-state index contributed by atoms with van der Waals surface area (Å²) in [7, 11) is -0.676. The van der Waals surface area contributed by atoms with Gasteiger partial charge in [0, 0.05) is 0 Å². The molecule has 0 radical (unpaired) electrons. The van der Waals surface area contributed by atoms with Crippen LogP contribution < -0.4 is 29.2 Å². The minimum Gasteiger partial charge on any atom is -1.00 e. The molecule has 0 saturated carbocycles. The van der Waals surface area contributed by atoms with E-state index in [0.717, 1.165) is 25.7 Å². The first-order chi connectivity index (χ1) is 17.1. The van der Waals surface area contributed by atoms with E-state index in [1.54, 1.807) is 26.0 Å². The Labute approximate surface area is 252 Å². The van der Waals surface area contributed by atoms with Crippen molar-refractivity contribution in [3.05, 3.63) is 138 Å². The fourth-order valence-corrected chi connectivity index (χ4v) is 7.39. The average molecular weight is 665 g/mol. The van der Waals surface area contributed by atoms with Crippen molar-refractivity contribution in [2.45, 2.75) is 45.3 Å². The predicted molar refractivity (Wildman–Crippen MR) is 150 cm³/mol. The monoisotopic (exact) mass is 664 g/mol. The number of aryl methyl sites for hydroxylation is 2. The molecule has 0 aromatic heterocycles. The van der Waals surface area contributed by atoms with E-state index in [1.165, 1.54) is 33.4 Å². The van der Waals surface area contributed by atoms with E-state index in [9.17, 15) is 0 Å². The number of halogens is 2.